The minimum atomic E-state index is -0.698. The fourth-order valence-corrected chi connectivity index (χ4v) is 1.74. The first-order valence-electron chi connectivity index (χ1n) is 6.10. The number of nitrogens with one attached hydrogen (secondary N) is 1. The quantitative estimate of drug-likeness (QED) is 0.900. The predicted octanol–water partition coefficient (Wildman–Crippen LogP) is 2.00. The molecule has 1 aromatic heterocycles. The molecular formula is C12H15F2N5. The average Bonchev–Trinajstić information content (AvgIpc) is 2.85. The molecule has 7 heteroatoms. The molecule has 0 amide bonds. The SMILES string of the molecule is CCCNC(C)c1nnnn1-c1ccc(F)cc1F. The minimum absolute atomic E-state index is 0.126. The van der Waals surface area contributed by atoms with Crippen LogP contribution in [0.4, 0.5) is 8.78 Å². The molecule has 2 rings (SSSR count). The zero-order chi connectivity index (χ0) is 13.8. The van der Waals surface area contributed by atoms with Crippen molar-refractivity contribution in [3.05, 3.63) is 35.7 Å². The van der Waals surface area contributed by atoms with Gasteiger partial charge in [0.25, 0.3) is 0 Å². The molecule has 0 aliphatic rings. The number of hydrogen-bond donors (Lipinski definition) is 1. The molecule has 5 nitrogen and oxygen atoms in total. The van der Waals surface area contributed by atoms with Crippen molar-refractivity contribution < 1.29 is 8.78 Å². The van der Waals surface area contributed by atoms with Gasteiger partial charge in [-0.15, -0.1) is 5.10 Å². The maximum Gasteiger partial charge on any atom is 0.173 e. The third-order valence-electron chi connectivity index (χ3n) is 2.72. The normalized spacial score (nSPS) is 12.6. The Bertz CT molecular complexity index is 555. The molecule has 0 fully saturated rings. The van der Waals surface area contributed by atoms with Crippen molar-refractivity contribution in [1.82, 2.24) is 25.5 Å². The van der Waals surface area contributed by atoms with Crippen LogP contribution in [0, 0.1) is 11.6 Å². The first-order valence-corrected chi connectivity index (χ1v) is 6.10. The van der Waals surface area contributed by atoms with Crippen molar-refractivity contribution in [3.63, 3.8) is 0 Å². The smallest absolute Gasteiger partial charge is 0.173 e. The lowest BCUT2D eigenvalue weighted by Gasteiger charge is -2.13. The van der Waals surface area contributed by atoms with Crippen LogP contribution in [0.2, 0.25) is 0 Å². The highest BCUT2D eigenvalue weighted by Crippen LogP contribution is 2.17. The molecule has 1 unspecified atom stereocenters. The number of nitrogens with zero attached hydrogens (tertiary/aromatic N) is 4. The monoisotopic (exact) mass is 267 g/mol. The summed E-state index contributed by atoms with van der Waals surface area (Å²) in [4.78, 5) is 0. The number of halogens is 2. The van der Waals surface area contributed by atoms with Crippen LogP contribution >= 0.6 is 0 Å². The van der Waals surface area contributed by atoms with Gasteiger partial charge in [-0.2, -0.15) is 4.68 Å². The zero-order valence-corrected chi connectivity index (χ0v) is 10.8. The number of benzene rings is 1. The molecule has 0 saturated carbocycles. The standard InChI is InChI=1S/C12H15F2N5/c1-3-6-15-8(2)12-16-17-18-19(12)11-5-4-9(13)7-10(11)14/h4-5,7-8,15H,3,6H2,1-2H3. The molecule has 2 aromatic rings. The van der Waals surface area contributed by atoms with E-state index in [1.165, 1.54) is 16.8 Å². The van der Waals surface area contributed by atoms with Gasteiger partial charge in [-0.3, -0.25) is 0 Å². The molecule has 1 aromatic carbocycles. The van der Waals surface area contributed by atoms with E-state index in [-0.39, 0.29) is 11.7 Å². The maximum atomic E-state index is 13.7. The van der Waals surface area contributed by atoms with Crippen molar-refractivity contribution in [3.8, 4) is 5.69 Å². The van der Waals surface area contributed by atoms with Gasteiger partial charge in [-0.25, -0.2) is 8.78 Å². The van der Waals surface area contributed by atoms with Crippen molar-refractivity contribution >= 4 is 0 Å². The second kappa shape index (κ2) is 5.83. The molecule has 1 N–H and O–H groups in total. The van der Waals surface area contributed by atoms with Crippen LogP contribution in [-0.2, 0) is 0 Å². The Balaban J connectivity index is 2.33. The second-order valence-corrected chi connectivity index (χ2v) is 4.22. The Labute approximate surface area is 109 Å². The van der Waals surface area contributed by atoms with Crippen LogP contribution in [-0.4, -0.2) is 26.8 Å². The first kappa shape index (κ1) is 13.5. The van der Waals surface area contributed by atoms with Crippen LogP contribution < -0.4 is 5.32 Å². The molecular weight excluding hydrogens is 252 g/mol. The molecule has 0 aliphatic carbocycles. The summed E-state index contributed by atoms with van der Waals surface area (Å²) in [5.74, 6) is -0.844. The first-order chi connectivity index (χ1) is 9.13. The van der Waals surface area contributed by atoms with E-state index in [1.54, 1.807) is 0 Å². The van der Waals surface area contributed by atoms with Gasteiger partial charge in [0.2, 0.25) is 0 Å². The molecule has 0 saturated heterocycles. The van der Waals surface area contributed by atoms with E-state index in [1.807, 2.05) is 13.8 Å². The van der Waals surface area contributed by atoms with Gasteiger partial charge >= 0.3 is 0 Å². The molecule has 0 aliphatic heterocycles. The molecule has 0 spiro atoms. The summed E-state index contributed by atoms with van der Waals surface area (Å²) in [6.45, 7) is 4.74. The molecule has 1 atom stereocenters. The van der Waals surface area contributed by atoms with Gasteiger partial charge in [0, 0.05) is 6.07 Å². The third-order valence-corrected chi connectivity index (χ3v) is 2.72. The van der Waals surface area contributed by atoms with E-state index in [4.69, 9.17) is 0 Å². The van der Waals surface area contributed by atoms with Gasteiger partial charge < -0.3 is 5.32 Å². The van der Waals surface area contributed by atoms with Crippen molar-refractivity contribution in [2.45, 2.75) is 26.3 Å². The van der Waals surface area contributed by atoms with Crippen LogP contribution in [0.5, 0.6) is 0 Å². The average molecular weight is 267 g/mol. The number of aromatic nitrogens is 4. The summed E-state index contributed by atoms with van der Waals surface area (Å²) in [5.41, 5.74) is 0.131. The Hall–Kier alpha value is -1.89. The van der Waals surface area contributed by atoms with Crippen LogP contribution in [0.25, 0.3) is 5.69 Å². The Morgan fingerprint density at radius 1 is 1.37 bits per heavy atom. The fraction of sp³-hybridized carbons (Fsp3) is 0.417. The Kier molecular flexibility index (Phi) is 4.16. The number of tetrazole rings is 1. The Morgan fingerprint density at radius 2 is 2.16 bits per heavy atom. The third kappa shape index (κ3) is 2.93. The lowest BCUT2D eigenvalue weighted by Crippen LogP contribution is -2.23. The summed E-state index contributed by atoms with van der Waals surface area (Å²) in [5, 5.41) is 14.4. The van der Waals surface area contributed by atoms with E-state index in [0.29, 0.717) is 5.82 Å². The highest BCUT2D eigenvalue weighted by molar-refractivity contribution is 5.33. The fourth-order valence-electron chi connectivity index (χ4n) is 1.74. The van der Waals surface area contributed by atoms with Gasteiger partial charge in [0.05, 0.1) is 6.04 Å². The van der Waals surface area contributed by atoms with Crippen molar-refractivity contribution in [2.24, 2.45) is 0 Å². The highest BCUT2D eigenvalue weighted by atomic mass is 19.1. The maximum absolute atomic E-state index is 13.7. The van der Waals surface area contributed by atoms with Crippen LogP contribution in [0.1, 0.15) is 32.1 Å². The van der Waals surface area contributed by atoms with Gasteiger partial charge in [-0.1, -0.05) is 6.92 Å². The molecule has 0 bridgehead atoms. The van der Waals surface area contributed by atoms with Gasteiger partial charge in [0.15, 0.2) is 11.6 Å². The van der Waals surface area contributed by atoms with Crippen LogP contribution in [0.3, 0.4) is 0 Å². The number of rotatable bonds is 5. The molecule has 0 radical (unpaired) electrons. The topological polar surface area (TPSA) is 55.6 Å². The molecule has 19 heavy (non-hydrogen) atoms. The van der Waals surface area contributed by atoms with Gasteiger partial charge in [0.1, 0.15) is 11.5 Å². The summed E-state index contributed by atoms with van der Waals surface area (Å²) >= 11 is 0. The van der Waals surface area contributed by atoms with E-state index < -0.39 is 11.6 Å². The van der Waals surface area contributed by atoms with Crippen LogP contribution in [0.15, 0.2) is 18.2 Å². The lowest BCUT2D eigenvalue weighted by molar-refractivity contribution is 0.522. The second-order valence-electron chi connectivity index (χ2n) is 4.22. The summed E-state index contributed by atoms with van der Waals surface area (Å²) in [6, 6.07) is 3.18. The van der Waals surface area contributed by atoms with Crippen molar-refractivity contribution in [2.75, 3.05) is 6.54 Å². The van der Waals surface area contributed by atoms with E-state index in [9.17, 15) is 8.78 Å². The number of hydrogen-bond acceptors (Lipinski definition) is 4. The lowest BCUT2D eigenvalue weighted by atomic mass is 10.2. The van der Waals surface area contributed by atoms with E-state index >= 15 is 0 Å². The van der Waals surface area contributed by atoms with Gasteiger partial charge in [-0.05, 0) is 42.4 Å². The summed E-state index contributed by atoms with van der Waals surface area (Å²) < 4.78 is 27.9. The summed E-state index contributed by atoms with van der Waals surface area (Å²) in [7, 11) is 0. The minimum Gasteiger partial charge on any atom is -0.307 e. The van der Waals surface area contributed by atoms with Crippen molar-refractivity contribution in [1.29, 1.82) is 0 Å². The molecule has 102 valence electrons. The molecule has 1 heterocycles. The van der Waals surface area contributed by atoms with E-state index in [2.05, 4.69) is 20.8 Å². The zero-order valence-electron chi connectivity index (χ0n) is 10.8. The van der Waals surface area contributed by atoms with E-state index in [0.717, 1.165) is 19.0 Å². The Morgan fingerprint density at radius 3 is 2.84 bits per heavy atom. The predicted molar refractivity (Wildman–Crippen MR) is 65.8 cm³/mol. The highest BCUT2D eigenvalue weighted by Gasteiger charge is 2.17. The largest absolute Gasteiger partial charge is 0.307 e. The summed E-state index contributed by atoms with van der Waals surface area (Å²) in [6.07, 6.45) is 0.969.